The van der Waals surface area contributed by atoms with Crippen molar-refractivity contribution in [2.75, 3.05) is 26.3 Å². The molecule has 0 aromatic carbocycles. The Bertz CT molecular complexity index is 122. The van der Waals surface area contributed by atoms with E-state index in [-0.39, 0.29) is 6.04 Å². The molecule has 1 heterocycles. The summed E-state index contributed by atoms with van der Waals surface area (Å²) >= 11 is 0. The zero-order valence-corrected chi connectivity index (χ0v) is 8.59. The van der Waals surface area contributed by atoms with Crippen LogP contribution in [-0.2, 0) is 4.74 Å². The van der Waals surface area contributed by atoms with Crippen LogP contribution in [-0.4, -0.2) is 32.3 Å². The summed E-state index contributed by atoms with van der Waals surface area (Å²) in [5.74, 6) is 0.870. The van der Waals surface area contributed by atoms with Crippen molar-refractivity contribution in [3.63, 3.8) is 0 Å². The van der Waals surface area contributed by atoms with E-state index in [0.717, 1.165) is 32.2 Å². The van der Waals surface area contributed by atoms with Crippen molar-refractivity contribution in [1.29, 1.82) is 0 Å². The highest BCUT2D eigenvalue weighted by molar-refractivity contribution is 4.65. The monoisotopic (exact) mass is 186 g/mol. The molecule has 1 saturated heterocycles. The van der Waals surface area contributed by atoms with E-state index in [0.29, 0.717) is 0 Å². The second-order valence-corrected chi connectivity index (χ2v) is 4.03. The van der Waals surface area contributed by atoms with Gasteiger partial charge < -0.3 is 15.8 Å². The molecule has 0 spiro atoms. The summed E-state index contributed by atoms with van der Waals surface area (Å²) in [5.41, 5.74) is 5.63. The van der Waals surface area contributed by atoms with Gasteiger partial charge in [-0.25, -0.2) is 0 Å². The predicted octanol–water partition coefficient (Wildman–Crippen LogP) is 0.740. The third kappa shape index (κ3) is 5.24. The maximum absolute atomic E-state index is 5.63. The van der Waals surface area contributed by atoms with Gasteiger partial charge >= 0.3 is 0 Å². The van der Waals surface area contributed by atoms with Gasteiger partial charge in [-0.2, -0.15) is 0 Å². The third-order valence-corrected chi connectivity index (χ3v) is 2.54. The lowest BCUT2D eigenvalue weighted by atomic mass is 9.97. The van der Waals surface area contributed by atoms with Gasteiger partial charge in [0.2, 0.25) is 0 Å². The van der Waals surface area contributed by atoms with E-state index in [1.807, 2.05) is 6.92 Å². The van der Waals surface area contributed by atoms with E-state index in [9.17, 15) is 0 Å². The molecule has 78 valence electrons. The third-order valence-electron chi connectivity index (χ3n) is 2.54. The Hall–Kier alpha value is -0.120. The van der Waals surface area contributed by atoms with Gasteiger partial charge in [0, 0.05) is 25.8 Å². The van der Waals surface area contributed by atoms with Crippen LogP contribution in [0.5, 0.6) is 0 Å². The van der Waals surface area contributed by atoms with Crippen LogP contribution >= 0.6 is 0 Å². The minimum absolute atomic E-state index is 0.273. The number of ether oxygens (including phenoxy) is 1. The van der Waals surface area contributed by atoms with Gasteiger partial charge in [0.25, 0.3) is 0 Å². The maximum atomic E-state index is 5.63. The fourth-order valence-corrected chi connectivity index (χ4v) is 1.67. The van der Waals surface area contributed by atoms with Crippen LogP contribution in [0.3, 0.4) is 0 Å². The van der Waals surface area contributed by atoms with E-state index in [1.54, 1.807) is 0 Å². The van der Waals surface area contributed by atoms with Gasteiger partial charge in [0.1, 0.15) is 0 Å². The summed E-state index contributed by atoms with van der Waals surface area (Å²) in [5, 5.41) is 3.37. The summed E-state index contributed by atoms with van der Waals surface area (Å²) in [6, 6.07) is 0.273. The first-order valence-electron chi connectivity index (χ1n) is 5.33. The Morgan fingerprint density at radius 3 is 2.77 bits per heavy atom. The summed E-state index contributed by atoms with van der Waals surface area (Å²) in [4.78, 5) is 0. The molecule has 0 radical (unpaired) electrons. The second-order valence-electron chi connectivity index (χ2n) is 4.03. The lowest BCUT2D eigenvalue weighted by Crippen LogP contribution is -2.32. The standard InChI is InChI=1S/C10H22N2O/c1-9(11)8-12-5-2-10-3-6-13-7-4-10/h9-10,12H,2-8,11H2,1H3. The van der Waals surface area contributed by atoms with Crippen molar-refractivity contribution >= 4 is 0 Å². The highest BCUT2D eigenvalue weighted by atomic mass is 16.5. The van der Waals surface area contributed by atoms with Gasteiger partial charge in [-0.15, -0.1) is 0 Å². The molecule has 1 unspecified atom stereocenters. The molecule has 0 aromatic heterocycles. The SMILES string of the molecule is CC(N)CNCCC1CCOCC1. The summed E-state index contributed by atoms with van der Waals surface area (Å²) in [6.07, 6.45) is 3.75. The average molecular weight is 186 g/mol. The molecule has 0 bridgehead atoms. The Labute approximate surface area is 81.0 Å². The molecule has 13 heavy (non-hydrogen) atoms. The fourth-order valence-electron chi connectivity index (χ4n) is 1.67. The van der Waals surface area contributed by atoms with Crippen LogP contribution in [0, 0.1) is 5.92 Å². The van der Waals surface area contributed by atoms with Crippen molar-refractivity contribution in [3.05, 3.63) is 0 Å². The smallest absolute Gasteiger partial charge is 0.0468 e. The Kier molecular flexibility index (Phi) is 5.35. The second kappa shape index (κ2) is 6.35. The lowest BCUT2D eigenvalue weighted by molar-refractivity contribution is 0.0640. The lowest BCUT2D eigenvalue weighted by Gasteiger charge is -2.22. The molecule has 1 fully saturated rings. The molecule has 1 aliphatic rings. The number of hydrogen-bond acceptors (Lipinski definition) is 3. The molecule has 3 N–H and O–H groups in total. The van der Waals surface area contributed by atoms with Crippen molar-refractivity contribution in [1.82, 2.24) is 5.32 Å². The molecular formula is C10H22N2O. The molecule has 0 aliphatic carbocycles. The highest BCUT2D eigenvalue weighted by Crippen LogP contribution is 2.17. The van der Waals surface area contributed by atoms with Gasteiger partial charge in [-0.05, 0) is 38.6 Å². The van der Waals surface area contributed by atoms with Crippen LogP contribution in [0.1, 0.15) is 26.2 Å². The van der Waals surface area contributed by atoms with Crippen LogP contribution in [0.4, 0.5) is 0 Å². The minimum Gasteiger partial charge on any atom is -0.381 e. The average Bonchev–Trinajstić information content (AvgIpc) is 2.14. The van der Waals surface area contributed by atoms with Crippen LogP contribution in [0.2, 0.25) is 0 Å². The molecule has 1 aliphatic heterocycles. The van der Waals surface area contributed by atoms with E-state index >= 15 is 0 Å². The summed E-state index contributed by atoms with van der Waals surface area (Å²) in [7, 11) is 0. The highest BCUT2D eigenvalue weighted by Gasteiger charge is 2.12. The van der Waals surface area contributed by atoms with Crippen molar-refractivity contribution in [3.8, 4) is 0 Å². The van der Waals surface area contributed by atoms with Gasteiger partial charge in [-0.3, -0.25) is 0 Å². The van der Waals surface area contributed by atoms with Gasteiger partial charge in [0.15, 0.2) is 0 Å². The summed E-state index contributed by atoms with van der Waals surface area (Å²) in [6.45, 7) is 5.98. The van der Waals surface area contributed by atoms with E-state index in [1.165, 1.54) is 19.3 Å². The van der Waals surface area contributed by atoms with Crippen LogP contribution < -0.4 is 11.1 Å². The number of rotatable bonds is 5. The first-order valence-corrected chi connectivity index (χ1v) is 5.33. The van der Waals surface area contributed by atoms with Crippen LogP contribution in [0.25, 0.3) is 0 Å². The molecular weight excluding hydrogens is 164 g/mol. The minimum atomic E-state index is 0.273. The zero-order chi connectivity index (χ0) is 9.52. The summed E-state index contributed by atoms with van der Waals surface area (Å²) < 4.78 is 5.30. The molecule has 0 aromatic rings. The van der Waals surface area contributed by atoms with Crippen molar-refractivity contribution in [2.24, 2.45) is 11.7 Å². The molecule has 0 saturated carbocycles. The number of nitrogens with one attached hydrogen (secondary N) is 1. The van der Waals surface area contributed by atoms with Gasteiger partial charge in [-0.1, -0.05) is 0 Å². The zero-order valence-electron chi connectivity index (χ0n) is 8.59. The molecule has 1 rings (SSSR count). The van der Waals surface area contributed by atoms with E-state index in [4.69, 9.17) is 10.5 Å². The predicted molar refractivity (Wildman–Crippen MR) is 54.7 cm³/mol. The Morgan fingerprint density at radius 1 is 1.46 bits per heavy atom. The largest absolute Gasteiger partial charge is 0.381 e. The number of nitrogens with two attached hydrogens (primary N) is 1. The molecule has 3 nitrogen and oxygen atoms in total. The molecule has 1 atom stereocenters. The van der Waals surface area contributed by atoms with E-state index in [2.05, 4.69) is 5.32 Å². The molecule has 3 heteroatoms. The topological polar surface area (TPSA) is 47.3 Å². The number of hydrogen-bond donors (Lipinski definition) is 2. The fraction of sp³-hybridized carbons (Fsp3) is 1.00. The van der Waals surface area contributed by atoms with Crippen molar-refractivity contribution < 1.29 is 4.74 Å². The van der Waals surface area contributed by atoms with Crippen molar-refractivity contribution in [2.45, 2.75) is 32.2 Å². The first-order chi connectivity index (χ1) is 6.29. The first kappa shape index (κ1) is 11.0. The van der Waals surface area contributed by atoms with Gasteiger partial charge in [0.05, 0.1) is 0 Å². The van der Waals surface area contributed by atoms with Crippen LogP contribution in [0.15, 0.2) is 0 Å². The Balaban J connectivity index is 1.92. The normalized spacial score (nSPS) is 21.7. The Morgan fingerprint density at radius 2 is 2.15 bits per heavy atom. The maximum Gasteiger partial charge on any atom is 0.0468 e. The van der Waals surface area contributed by atoms with E-state index < -0.39 is 0 Å². The molecule has 0 amide bonds. The quantitative estimate of drug-likeness (QED) is 0.623.